The van der Waals surface area contributed by atoms with Crippen LogP contribution in [0.4, 0.5) is 13.2 Å². The topological polar surface area (TPSA) is 83.2 Å². The number of nitrogens with zero attached hydrogens (tertiary/aromatic N) is 2. The minimum atomic E-state index is -5.08. The van der Waals surface area contributed by atoms with Crippen molar-refractivity contribution in [2.45, 2.75) is 25.6 Å². The minimum Gasteiger partial charge on any atom is -0.475 e. The lowest BCUT2D eigenvalue weighted by molar-refractivity contribution is -0.192. The molecule has 7 nitrogen and oxygen atoms in total. The van der Waals surface area contributed by atoms with E-state index in [0.29, 0.717) is 18.3 Å². The molecule has 182 valence electrons. The molecule has 33 heavy (non-hydrogen) atoms. The number of thiophene rings is 1. The molecular formula is C22H27F3N2O5S. The van der Waals surface area contributed by atoms with Crippen molar-refractivity contribution in [3.8, 4) is 0 Å². The minimum absolute atomic E-state index is 0.00833. The summed E-state index contributed by atoms with van der Waals surface area (Å²) in [5.74, 6) is -1.91. The van der Waals surface area contributed by atoms with Gasteiger partial charge < -0.3 is 19.2 Å². The van der Waals surface area contributed by atoms with Crippen LogP contribution in [0, 0.1) is 11.3 Å². The number of carboxylic acids is 1. The molecule has 0 aliphatic carbocycles. The standard InChI is InChI=1S/C20H26N2O3S.C2HF3O2/c1-24-14-16-12-22(19(23)18-5-2-10-25-18)15-20(16)6-8-21(9-7-20)13-17-4-3-11-26-17;3-2(4,5)1(6)7/h2-5,10-11,16H,6-9,12-15H2,1H3;(H,6,7). The Morgan fingerprint density at radius 2 is 1.97 bits per heavy atom. The van der Waals surface area contributed by atoms with Gasteiger partial charge in [-0.05, 0) is 54.9 Å². The Morgan fingerprint density at radius 1 is 1.27 bits per heavy atom. The molecule has 0 bridgehead atoms. The molecule has 1 amide bonds. The number of amides is 1. The molecule has 4 rings (SSSR count). The molecule has 0 aromatic carbocycles. The number of methoxy groups -OCH3 is 1. The van der Waals surface area contributed by atoms with Crippen molar-refractivity contribution in [1.29, 1.82) is 0 Å². The lowest BCUT2D eigenvalue weighted by Gasteiger charge is -2.42. The van der Waals surface area contributed by atoms with E-state index in [9.17, 15) is 18.0 Å². The molecule has 0 saturated carbocycles. The molecule has 4 heterocycles. The maximum atomic E-state index is 12.7. The van der Waals surface area contributed by atoms with Gasteiger partial charge in [-0.1, -0.05) is 6.07 Å². The number of rotatable bonds is 5. The van der Waals surface area contributed by atoms with Gasteiger partial charge in [0.2, 0.25) is 0 Å². The van der Waals surface area contributed by atoms with Crippen LogP contribution in [-0.4, -0.2) is 72.9 Å². The number of carbonyl (C=O) groups excluding carboxylic acids is 1. The van der Waals surface area contributed by atoms with E-state index in [2.05, 4.69) is 22.4 Å². The van der Waals surface area contributed by atoms with Crippen molar-refractivity contribution in [3.05, 3.63) is 46.5 Å². The molecule has 2 fully saturated rings. The molecule has 1 unspecified atom stereocenters. The summed E-state index contributed by atoms with van der Waals surface area (Å²) >= 11 is 1.83. The fourth-order valence-electron chi connectivity index (χ4n) is 4.52. The summed E-state index contributed by atoms with van der Waals surface area (Å²) in [5.41, 5.74) is 0.171. The number of carboxylic acid groups (broad SMARTS) is 1. The van der Waals surface area contributed by atoms with Crippen LogP contribution in [0.5, 0.6) is 0 Å². The number of hydrogen-bond acceptors (Lipinski definition) is 6. The van der Waals surface area contributed by atoms with Gasteiger partial charge in [-0.25, -0.2) is 4.79 Å². The normalized spacial score (nSPS) is 20.5. The number of carbonyl (C=O) groups is 2. The summed E-state index contributed by atoms with van der Waals surface area (Å²) in [7, 11) is 1.76. The van der Waals surface area contributed by atoms with Gasteiger partial charge in [-0.15, -0.1) is 11.3 Å². The smallest absolute Gasteiger partial charge is 0.475 e. The van der Waals surface area contributed by atoms with Crippen molar-refractivity contribution in [2.24, 2.45) is 11.3 Å². The average molecular weight is 489 g/mol. The van der Waals surface area contributed by atoms with Crippen molar-refractivity contribution in [3.63, 3.8) is 0 Å². The van der Waals surface area contributed by atoms with E-state index < -0.39 is 12.1 Å². The predicted molar refractivity (Wildman–Crippen MR) is 115 cm³/mol. The van der Waals surface area contributed by atoms with Gasteiger partial charge in [-0.2, -0.15) is 13.2 Å². The number of aliphatic carboxylic acids is 1. The number of halogens is 3. The number of furan rings is 1. The summed E-state index contributed by atoms with van der Waals surface area (Å²) < 4.78 is 42.6. The molecule has 2 aliphatic heterocycles. The molecule has 1 N–H and O–H groups in total. The van der Waals surface area contributed by atoms with Gasteiger partial charge in [-0.3, -0.25) is 9.69 Å². The molecule has 1 atom stereocenters. The van der Waals surface area contributed by atoms with E-state index in [4.69, 9.17) is 19.1 Å². The highest BCUT2D eigenvalue weighted by Gasteiger charge is 2.49. The molecule has 2 saturated heterocycles. The van der Waals surface area contributed by atoms with Crippen LogP contribution >= 0.6 is 11.3 Å². The zero-order valence-electron chi connectivity index (χ0n) is 18.2. The first-order valence-corrected chi connectivity index (χ1v) is 11.4. The Hall–Kier alpha value is -2.37. The zero-order valence-corrected chi connectivity index (χ0v) is 19.0. The summed E-state index contributed by atoms with van der Waals surface area (Å²) in [6, 6.07) is 7.86. The highest BCUT2D eigenvalue weighted by atomic mass is 32.1. The Labute approximate surface area is 193 Å². The summed E-state index contributed by atoms with van der Waals surface area (Å²) in [4.78, 5) is 27.6. The highest BCUT2D eigenvalue weighted by Crippen LogP contribution is 2.45. The fraction of sp³-hybridized carbons (Fsp3) is 0.545. The van der Waals surface area contributed by atoms with Crippen LogP contribution in [0.2, 0.25) is 0 Å². The monoisotopic (exact) mass is 488 g/mol. The van der Waals surface area contributed by atoms with Gasteiger partial charge in [0.15, 0.2) is 5.76 Å². The molecule has 2 aromatic heterocycles. The van der Waals surface area contributed by atoms with E-state index in [-0.39, 0.29) is 11.3 Å². The Bertz CT molecular complexity index is 894. The molecule has 2 aliphatic rings. The Morgan fingerprint density at radius 3 is 2.48 bits per heavy atom. The van der Waals surface area contributed by atoms with E-state index >= 15 is 0 Å². The van der Waals surface area contributed by atoms with Gasteiger partial charge in [0.1, 0.15) is 0 Å². The Kier molecular flexibility index (Phi) is 8.19. The molecule has 2 aromatic rings. The van der Waals surface area contributed by atoms with Crippen LogP contribution in [0.3, 0.4) is 0 Å². The summed E-state index contributed by atoms with van der Waals surface area (Å²) in [6.45, 7) is 5.50. The third-order valence-electron chi connectivity index (χ3n) is 6.25. The summed E-state index contributed by atoms with van der Waals surface area (Å²) in [5, 5.41) is 9.27. The van der Waals surface area contributed by atoms with Crippen molar-refractivity contribution in [1.82, 2.24) is 9.80 Å². The first-order chi connectivity index (χ1) is 15.6. The quantitative estimate of drug-likeness (QED) is 0.686. The van der Waals surface area contributed by atoms with Gasteiger partial charge >= 0.3 is 12.1 Å². The number of hydrogen-bond donors (Lipinski definition) is 1. The van der Waals surface area contributed by atoms with Crippen LogP contribution in [-0.2, 0) is 16.1 Å². The number of ether oxygens (including phenoxy) is 1. The van der Waals surface area contributed by atoms with Crippen molar-refractivity contribution >= 4 is 23.2 Å². The molecule has 11 heteroatoms. The predicted octanol–water partition coefficient (Wildman–Crippen LogP) is 3.98. The van der Waals surface area contributed by atoms with Gasteiger partial charge in [0.25, 0.3) is 5.91 Å². The number of likely N-dealkylation sites (tertiary alicyclic amines) is 2. The third-order valence-corrected chi connectivity index (χ3v) is 7.11. The molecular weight excluding hydrogens is 461 g/mol. The van der Waals surface area contributed by atoms with Crippen LogP contribution < -0.4 is 0 Å². The van der Waals surface area contributed by atoms with Crippen molar-refractivity contribution < 1.29 is 37.0 Å². The average Bonchev–Trinajstić information content (AvgIpc) is 3.52. The van der Waals surface area contributed by atoms with Crippen LogP contribution in [0.25, 0.3) is 0 Å². The lowest BCUT2D eigenvalue weighted by atomic mass is 9.71. The zero-order chi connectivity index (χ0) is 24.1. The highest BCUT2D eigenvalue weighted by molar-refractivity contribution is 7.09. The third kappa shape index (κ3) is 6.36. The van der Waals surface area contributed by atoms with E-state index in [0.717, 1.165) is 45.6 Å². The number of piperidine rings is 1. The van der Waals surface area contributed by atoms with Crippen molar-refractivity contribution in [2.75, 3.05) is 39.9 Å². The second-order valence-corrected chi connectivity index (χ2v) is 9.37. The molecule has 1 spiro atoms. The van der Waals surface area contributed by atoms with E-state index in [1.807, 2.05) is 16.2 Å². The first-order valence-electron chi connectivity index (χ1n) is 10.5. The van der Waals surface area contributed by atoms with Gasteiger partial charge in [0, 0.05) is 37.5 Å². The first kappa shape index (κ1) is 25.3. The van der Waals surface area contributed by atoms with Crippen LogP contribution in [0.1, 0.15) is 28.3 Å². The SMILES string of the molecule is COCC1CN(C(=O)c2ccco2)CC12CCN(Cc1cccs1)CC2.O=C(O)C(F)(F)F. The summed E-state index contributed by atoms with van der Waals surface area (Å²) in [6.07, 6.45) is -1.28. The van der Waals surface area contributed by atoms with Gasteiger partial charge in [0.05, 0.1) is 12.9 Å². The number of alkyl halides is 3. The largest absolute Gasteiger partial charge is 0.490 e. The van der Waals surface area contributed by atoms with E-state index in [1.54, 1.807) is 25.5 Å². The van der Waals surface area contributed by atoms with Crippen LogP contribution in [0.15, 0.2) is 40.3 Å². The second-order valence-electron chi connectivity index (χ2n) is 8.34. The lowest BCUT2D eigenvalue weighted by Crippen LogP contribution is -2.45. The second kappa shape index (κ2) is 10.7. The van der Waals surface area contributed by atoms with E-state index in [1.165, 1.54) is 4.88 Å². The molecule has 0 radical (unpaired) electrons. The Balaban J connectivity index is 0.000000383. The fourth-order valence-corrected chi connectivity index (χ4v) is 5.27. The maximum absolute atomic E-state index is 12.7. The maximum Gasteiger partial charge on any atom is 0.490 e.